The average molecular weight is 213 g/mol. The van der Waals surface area contributed by atoms with Gasteiger partial charge in [-0.25, -0.2) is 0 Å². The smallest absolute Gasteiger partial charge is 0.151 e. The topological polar surface area (TPSA) is 176 Å². The summed E-state index contributed by atoms with van der Waals surface area (Å²) in [6.07, 6.45) is -9.20. The standard InChI is InChI=1S/C6H13NO6.H2O/c7-6(13)5(12)4(11)3(10)2(9)1-8;/h1-6,9-13H,7H2;1H2. The van der Waals surface area contributed by atoms with Gasteiger partial charge in [-0.2, -0.15) is 0 Å². The van der Waals surface area contributed by atoms with Crippen LogP contribution in [0.1, 0.15) is 0 Å². The largest absolute Gasteiger partial charge is 0.412 e. The third-order valence-corrected chi connectivity index (χ3v) is 1.54. The van der Waals surface area contributed by atoms with E-state index in [1.54, 1.807) is 0 Å². The Kier molecular flexibility index (Phi) is 7.68. The molecule has 0 radical (unpaired) electrons. The maximum absolute atomic E-state index is 9.95. The molecule has 14 heavy (non-hydrogen) atoms. The van der Waals surface area contributed by atoms with Gasteiger partial charge < -0.3 is 41.5 Å². The highest BCUT2D eigenvalue weighted by Crippen LogP contribution is 2.05. The minimum absolute atomic E-state index is 0. The summed E-state index contributed by atoms with van der Waals surface area (Å²) in [7, 11) is 0. The van der Waals surface area contributed by atoms with Gasteiger partial charge in [0.15, 0.2) is 6.29 Å². The first-order chi connectivity index (χ1) is 5.91. The molecule has 0 bridgehead atoms. The molecule has 0 saturated heterocycles. The van der Waals surface area contributed by atoms with Crippen molar-refractivity contribution in [1.29, 1.82) is 0 Å². The van der Waals surface area contributed by atoms with Gasteiger partial charge in [0.25, 0.3) is 0 Å². The monoisotopic (exact) mass is 213 g/mol. The molecule has 0 spiro atoms. The van der Waals surface area contributed by atoms with Gasteiger partial charge in [0.05, 0.1) is 0 Å². The summed E-state index contributed by atoms with van der Waals surface area (Å²) in [6.45, 7) is 0. The van der Waals surface area contributed by atoms with E-state index in [1.165, 1.54) is 0 Å². The molecule has 86 valence electrons. The van der Waals surface area contributed by atoms with Crippen LogP contribution < -0.4 is 5.73 Å². The molecule has 0 aliphatic rings. The second-order valence-corrected chi connectivity index (χ2v) is 2.59. The summed E-state index contributed by atoms with van der Waals surface area (Å²) >= 11 is 0. The molecule has 0 aromatic carbocycles. The number of rotatable bonds is 5. The molecule has 8 heteroatoms. The van der Waals surface area contributed by atoms with Crippen molar-refractivity contribution in [3.8, 4) is 0 Å². The van der Waals surface area contributed by atoms with Crippen LogP contribution in [0.4, 0.5) is 0 Å². The highest BCUT2D eigenvalue weighted by atomic mass is 16.4. The lowest BCUT2D eigenvalue weighted by Crippen LogP contribution is -2.51. The number of carbonyl (C=O) groups excluding carboxylic acids is 1. The lowest BCUT2D eigenvalue weighted by Gasteiger charge is -2.25. The molecule has 0 aromatic heterocycles. The van der Waals surface area contributed by atoms with Crippen LogP contribution in [0, 0.1) is 0 Å². The summed E-state index contributed by atoms with van der Waals surface area (Å²) in [5.74, 6) is 0. The van der Waals surface area contributed by atoms with Gasteiger partial charge in [-0.3, -0.25) is 0 Å². The fourth-order valence-electron chi connectivity index (χ4n) is 0.687. The number of carbonyl (C=O) groups is 1. The molecule has 5 unspecified atom stereocenters. The zero-order valence-corrected chi connectivity index (χ0v) is 7.19. The van der Waals surface area contributed by atoms with Crippen molar-refractivity contribution in [3.05, 3.63) is 0 Å². The second-order valence-electron chi connectivity index (χ2n) is 2.59. The Morgan fingerprint density at radius 1 is 0.929 bits per heavy atom. The molecule has 0 aliphatic heterocycles. The van der Waals surface area contributed by atoms with Crippen molar-refractivity contribution in [2.45, 2.75) is 30.6 Å². The van der Waals surface area contributed by atoms with Crippen LogP contribution in [0.3, 0.4) is 0 Å². The highest BCUT2D eigenvalue weighted by molar-refractivity contribution is 5.56. The SMILES string of the molecule is NC(O)C(O)C(O)C(O)C(O)C=O.O. The van der Waals surface area contributed by atoms with Crippen LogP contribution in [-0.2, 0) is 4.79 Å². The predicted octanol–water partition coefficient (Wildman–Crippen LogP) is -4.92. The number of hydrogen-bond donors (Lipinski definition) is 6. The Bertz CT molecular complexity index is 164. The average Bonchev–Trinajstić information content (AvgIpc) is 2.12. The van der Waals surface area contributed by atoms with Gasteiger partial charge in [-0.15, -0.1) is 0 Å². The van der Waals surface area contributed by atoms with E-state index in [2.05, 4.69) is 0 Å². The lowest BCUT2D eigenvalue weighted by molar-refractivity contribution is -0.143. The van der Waals surface area contributed by atoms with Crippen LogP contribution in [0.25, 0.3) is 0 Å². The van der Waals surface area contributed by atoms with E-state index >= 15 is 0 Å². The van der Waals surface area contributed by atoms with Crippen LogP contribution in [0.5, 0.6) is 0 Å². The zero-order valence-electron chi connectivity index (χ0n) is 7.19. The van der Waals surface area contributed by atoms with E-state index in [0.29, 0.717) is 0 Å². The van der Waals surface area contributed by atoms with E-state index in [9.17, 15) is 4.79 Å². The number of nitrogens with two attached hydrogens (primary N) is 1. The first kappa shape index (κ1) is 15.8. The van der Waals surface area contributed by atoms with Crippen LogP contribution in [0.2, 0.25) is 0 Å². The molecule has 0 aromatic rings. The summed E-state index contributed by atoms with van der Waals surface area (Å²) < 4.78 is 0. The Morgan fingerprint density at radius 2 is 1.36 bits per heavy atom. The Hall–Kier alpha value is -0.610. The third kappa shape index (κ3) is 4.07. The number of aliphatic hydroxyl groups is 5. The van der Waals surface area contributed by atoms with E-state index in [0.717, 1.165) is 0 Å². The Morgan fingerprint density at radius 3 is 1.64 bits per heavy atom. The highest BCUT2D eigenvalue weighted by Gasteiger charge is 2.32. The third-order valence-electron chi connectivity index (χ3n) is 1.54. The molecule has 0 heterocycles. The summed E-state index contributed by atoms with van der Waals surface area (Å²) in [5.41, 5.74) is 4.78. The number of aldehydes is 1. The molecule has 0 fully saturated rings. The number of hydrogen-bond acceptors (Lipinski definition) is 7. The van der Waals surface area contributed by atoms with Crippen molar-refractivity contribution >= 4 is 6.29 Å². The normalized spacial score (nSPS) is 21.3. The first-order valence-electron chi connectivity index (χ1n) is 3.53. The molecule has 0 amide bonds. The zero-order chi connectivity index (χ0) is 10.6. The molecule has 5 atom stereocenters. The number of aliphatic hydroxyl groups excluding tert-OH is 5. The molecular formula is C6H15NO7. The van der Waals surface area contributed by atoms with Gasteiger partial charge in [0.1, 0.15) is 30.6 Å². The second kappa shape index (κ2) is 6.79. The molecular weight excluding hydrogens is 198 g/mol. The van der Waals surface area contributed by atoms with Gasteiger partial charge >= 0.3 is 0 Å². The van der Waals surface area contributed by atoms with Crippen molar-refractivity contribution in [2.24, 2.45) is 5.73 Å². The molecule has 9 N–H and O–H groups in total. The van der Waals surface area contributed by atoms with Crippen molar-refractivity contribution in [2.75, 3.05) is 0 Å². The van der Waals surface area contributed by atoms with E-state index in [1.807, 2.05) is 0 Å². The fraction of sp³-hybridized carbons (Fsp3) is 0.833. The van der Waals surface area contributed by atoms with Gasteiger partial charge in [0.2, 0.25) is 0 Å². The van der Waals surface area contributed by atoms with Gasteiger partial charge in [-0.05, 0) is 0 Å². The van der Waals surface area contributed by atoms with E-state index < -0.39 is 30.6 Å². The Labute approximate surface area is 79.5 Å². The molecule has 8 nitrogen and oxygen atoms in total. The summed E-state index contributed by atoms with van der Waals surface area (Å²) in [4.78, 5) is 9.95. The molecule has 0 aliphatic carbocycles. The van der Waals surface area contributed by atoms with E-state index in [4.69, 9.17) is 31.3 Å². The minimum Gasteiger partial charge on any atom is -0.412 e. The van der Waals surface area contributed by atoms with Gasteiger partial charge in [0, 0.05) is 0 Å². The van der Waals surface area contributed by atoms with Crippen molar-refractivity contribution in [3.63, 3.8) is 0 Å². The van der Waals surface area contributed by atoms with E-state index in [-0.39, 0.29) is 11.8 Å². The lowest BCUT2D eigenvalue weighted by atomic mass is 10.0. The first-order valence-corrected chi connectivity index (χ1v) is 3.53. The quantitative estimate of drug-likeness (QED) is 0.196. The minimum atomic E-state index is -1.89. The van der Waals surface area contributed by atoms with Crippen molar-refractivity contribution in [1.82, 2.24) is 0 Å². The van der Waals surface area contributed by atoms with Crippen LogP contribution in [0.15, 0.2) is 0 Å². The van der Waals surface area contributed by atoms with Crippen LogP contribution in [-0.4, -0.2) is 67.9 Å². The maximum Gasteiger partial charge on any atom is 0.151 e. The molecule has 0 rings (SSSR count). The summed E-state index contributed by atoms with van der Waals surface area (Å²) in [6, 6.07) is 0. The van der Waals surface area contributed by atoms with Gasteiger partial charge in [-0.1, -0.05) is 0 Å². The maximum atomic E-state index is 9.95. The fourth-order valence-corrected chi connectivity index (χ4v) is 0.687. The molecule has 0 saturated carbocycles. The Balaban J connectivity index is 0. The predicted molar refractivity (Wildman–Crippen MR) is 43.9 cm³/mol. The van der Waals surface area contributed by atoms with Crippen LogP contribution >= 0.6 is 0 Å². The van der Waals surface area contributed by atoms with Crippen molar-refractivity contribution < 1.29 is 35.8 Å². The summed E-state index contributed by atoms with van der Waals surface area (Å²) in [5, 5.41) is 44.1.